The summed E-state index contributed by atoms with van der Waals surface area (Å²) in [5, 5.41) is 27.5. The summed E-state index contributed by atoms with van der Waals surface area (Å²) in [5.74, 6) is 0.955. The van der Waals surface area contributed by atoms with Gasteiger partial charge in [0, 0.05) is 5.56 Å². The summed E-state index contributed by atoms with van der Waals surface area (Å²) in [4.78, 5) is 0. The molecular weight excluding hydrogens is 268 g/mol. The molecule has 0 saturated heterocycles. The summed E-state index contributed by atoms with van der Waals surface area (Å²) >= 11 is 0. The first kappa shape index (κ1) is 16.7. The van der Waals surface area contributed by atoms with Gasteiger partial charge in [-0.1, -0.05) is 32.9 Å². The van der Waals surface area contributed by atoms with Gasteiger partial charge in [0.25, 0.3) is 0 Å². The van der Waals surface area contributed by atoms with Gasteiger partial charge < -0.3 is 20.1 Å². The van der Waals surface area contributed by atoms with Crippen LogP contribution in [0, 0.1) is 0 Å². The molecule has 0 aliphatic heterocycles. The molecular formula is C17H22O4. The number of benzene rings is 2. The van der Waals surface area contributed by atoms with E-state index in [1.54, 1.807) is 37.4 Å². The third kappa shape index (κ3) is 4.91. The minimum Gasteiger partial charge on any atom is -0.508 e. The number of ether oxygens (including phenoxy) is 1. The number of para-hydroxylation sites is 1. The van der Waals surface area contributed by atoms with Crippen LogP contribution in [-0.2, 0) is 5.41 Å². The average Bonchev–Trinajstić information content (AvgIpc) is 2.42. The van der Waals surface area contributed by atoms with Crippen molar-refractivity contribution in [3.05, 3.63) is 48.0 Å². The SMILES string of the molecule is CC(C)(C)c1cccc(O)c1O.COc1ccc(O)cc1. The first-order chi connectivity index (χ1) is 9.75. The molecule has 0 unspecified atom stereocenters. The molecule has 0 aliphatic carbocycles. The van der Waals surface area contributed by atoms with E-state index in [9.17, 15) is 10.2 Å². The van der Waals surface area contributed by atoms with E-state index in [0.29, 0.717) is 0 Å². The minimum absolute atomic E-state index is 0.00926. The van der Waals surface area contributed by atoms with Crippen molar-refractivity contribution in [2.24, 2.45) is 0 Å². The molecule has 0 fully saturated rings. The maximum absolute atomic E-state index is 9.48. The van der Waals surface area contributed by atoms with Crippen LogP contribution in [0.4, 0.5) is 0 Å². The van der Waals surface area contributed by atoms with Crippen molar-refractivity contribution < 1.29 is 20.1 Å². The van der Waals surface area contributed by atoms with E-state index < -0.39 is 0 Å². The summed E-state index contributed by atoms with van der Waals surface area (Å²) in [6.45, 7) is 5.96. The van der Waals surface area contributed by atoms with Crippen LogP contribution in [0.2, 0.25) is 0 Å². The Morgan fingerprint density at radius 1 is 0.857 bits per heavy atom. The first-order valence-electron chi connectivity index (χ1n) is 6.60. The largest absolute Gasteiger partial charge is 0.508 e. The highest BCUT2D eigenvalue weighted by Gasteiger charge is 2.19. The predicted molar refractivity (Wildman–Crippen MR) is 83.1 cm³/mol. The van der Waals surface area contributed by atoms with Gasteiger partial charge in [-0.2, -0.15) is 0 Å². The predicted octanol–water partition coefficient (Wildman–Crippen LogP) is 3.80. The van der Waals surface area contributed by atoms with Crippen LogP contribution in [0.5, 0.6) is 23.0 Å². The third-order valence-electron chi connectivity index (χ3n) is 2.90. The standard InChI is InChI=1S/C10H14O2.C7H8O2/c1-10(2,3)7-5-4-6-8(11)9(7)12;1-9-7-4-2-6(8)3-5-7/h4-6,11-12H,1-3H3;2-5,8H,1H3. The molecule has 0 heterocycles. The fraction of sp³-hybridized carbons (Fsp3) is 0.294. The molecule has 2 rings (SSSR count). The highest BCUT2D eigenvalue weighted by atomic mass is 16.5. The van der Waals surface area contributed by atoms with Gasteiger partial charge in [-0.15, -0.1) is 0 Å². The molecule has 114 valence electrons. The van der Waals surface area contributed by atoms with Crippen molar-refractivity contribution in [2.45, 2.75) is 26.2 Å². The van der Waals surface area contributed by atoms with Crippen LogP contribution >= 0.6 is 0 Å². The zero-order valence-corrected chi connectivity index (χ0v) is 12.8. The zero-order valence-electron chi connectivity index (χ0n) is 12.8. The Kier molecular flexibility index (Phi) is 5.47. The second kappa shape index (κ2) is 6.88. The van der Waals surface area contributed by atoms with Gasteiger partial charge in [0.05, 0.1) is 7.11 Å². The fourth-order valence-electron chi connectivity index (χ4n) is 1.72. The van der Waals surface area contributed by atoms with E-state index in [-0.39, 0.29) is 22.7 Å². The number of phenols is 3. The summed E-state index contributed by atoms with van der Waals surface area (Å²) in [5.41, 5.74) is 0.630. The molecule has 0 bridgehead atoms. The number of hydrogen-bond donors (Lipinski definition) is 3. The Balaban J connectivity index is 0.000000219. The third-order valence-corrected chi connectivity index (χ3v) is 2.90. The van der Waals surface area contributed by atoms with Crippen molar-refractivity contribution in [3.63, 3.8) is 0 Å². The van der Waals surface area contributed by atoms with E-state index in [1.165, 1.54) is 6.07 Å². The maximum Gasteiger partial charge on any atom is 0.161 e. The highest BCUT2D eigenvalue weighted by Crippen LogP contribution is 2.36. The summed E-state index contributed by atoms with van der Waals surface area (Å²) < 4.78 is 4.86. The Labute approximate surface area is 125 Å². The molecule has 0 saturated carbocycles. The molecule has 3 N–H and O–H groups in total. The number of phenolic OH excluding ortho intramolecular Hbond substituents is 3. The lowest BCUT2D eigenvalue weighted by Gasteiger charge is -2.20. The second-order valence-corrected chi connectivity index (χ2v) is 5.62. The Hall–Kier alpha value is -2.36. The molecule has 2 aromatic carbocycles. The summed E-state index contributed by atoms with van der Waals surface area (Å²) in [7, 11) is 1.59. The van der Waals surface area contributed by atoms with Gasteiger partial charge in [0.15, 0.2) is 11.5 Å². The number of rotatable bonds is 1. The van der Waals surface area contributed by atoms with Crippen molar-refractivity contribution >= 4 is 0 Å². The van der Waals surface area contributed by atoms with E-state index in [1.807, 2.05) is 26.8 Å². The van der Waals surface area contributed by atoms with Crippen molar-refractivity contribution in [3.8, 4) is 23.0 Å². The van der Waals surface area contributed by atoms with Crippen LogP contribution < -0.4 is 4.74 Å². The lowest BCUT2D eigenvalue weighted by molar-refractivity contribution is 0.389. The van der Waals surface area contributed by atoms with Gasteiger partial charge in [-0.05, 0) is 35.7 Å². The Bertz CT molecular complexity index is 568. The quantitative estimate of drug-likeness (QED) is 0.699. The molecule has 4 nitrogen and oxygen atoms in total. The van der Waals surface area contributed by atoms with E-state index in [4.69, 9.17) is 9.84 Å². The normalized spacial score (nSPS) is 10.5. The average molecular weight is 290 g/mol. The summed E-state index contributed by atoms with van der Waals surface area (Å²) in [6.07, 6.45) is 0. The van der Waals surface area contributed by atoms with Crippen LogP contribution in [0.1, 0.15) is 26.3 Å². The Morgan fingerprint density at radius 2 is 1.43 bits per heavy atom. The second-order valence-electron chi connectivity index (χ2n) is 5.62. The molecule has 0 aliphatic rings. The lowest BCUT2D eigenvalue weighted by atomic mass is 9.86. The van der Waals surface area contributed by atoms with Crippen molar-refractivity contribution in [1.29, 1.82) is 0 Å². The van der Waals surface area contributed by atoms with Gasteiger partial charge in [-0.3, -0.25) is 0 Å². The van der Waals surface area contributed by atoms with Crippen LogP contribution in [0.3, 0.4) is 0 Å². The molecule has 4 heteroatoms. The highest BCUT2D eigenvalue weighted by molar-refractivity contribution is 5.47. The van der Waals surface area contributed by atoms with Gasteiger partial charge in [-0.25, -0.2) is 0 Å². The number of hydrogen-bond acceptors (Lipinski definition) is 4. The molecule has 0 radical (unpaired) electrons. The fourth-order valence-corrected chi connectivity index (χ4v) is 1.72. The molecule has 21 heavy (non-hydrogen) atoms. The van der Waals surface area contributed by atoms with E-state index in [0.717, 1.165) is 11.3 Å². The summed E-state index contributed by atoms with van der Waals surface area (Å²) in [6, 6.07) is 11.6. The molecule has 0 aromatic heterocycles. The van der Waals surface area contributed by atoms with Crippen molar-refractivity contribution in [2.75, 3.05) is 7.11 Å². The molecule has 0 atom stereocenters. The monoisotopic (exact) mass is 290 g/mol. The smallest absolute Gasteiger partial charge is 0.161 e. The molecule has 0 spiro atoms. The number of methoxy groups -OCH3 is 1. The molecule has 0 amide bonds. The van der Waals surface area contributed by atoms with Gasteiger partial charge >= 0.3 is 0 Å². The van der Waals surface area contributed by atoms with E-state index in [2.05, 4.69) is 0 Å². The number of aromatic hydroxyl groups is 3. The van der Waals surface area contributed by atoms with E-state index >= 15 is 0 Å². The topological polar surface area (TPSA) is 69.9 Å². The minimum atomic E-state index is -0.136. The van der Waals surface area contributed by atoms with Crippen LogP contribution in [-0.4, -0.2) is 22.4 Å². The van der Waals surface area contributed by atoms with Crippen molar-refractivity contribution in [1.82, 2.24) is 0 Å². The van der Waals surface area contributed by atoms with Gasteiger partial charge in [0.2, 0.25) is 0 Å². The molecule has 2 aromatic rings. The van der Waals surface area contributed by atoms with Crippen LogP contribution in [0.25, 0.3) is 0 Å². The lowest BCUT2D eigenvalue weighted by Crippen LogP contribution is -2.10. The van der Waals surface area contributed by atoms with Gasteiger partial charge in [0.1, 0.15) is 11.5 Å². The maximum atomic E-state index is 9.48. The zero-order chi connectivity index (χ0) is 16.0. The van der Waals surface area contributed by atoms with Crippen LogP contribution in [0.15, 0.2) is 42.5 Å². The first-order valence-corrected chi connectivity index (χ1v) is 6.60. The Morgan fingerprint density at radius 3 is 1.86 bits per heavy atom.